The van der Waals surface area contributed by atoms with Gasteiger partial charge in [-0.25, -0.2) is 0 Å². The van der Waals surface area contributed by atoms with Gasteiger partial charge in [0.2, 0.25) is 0 Å². The van der Waals surface area contributed by atoms with Gasteiger partial charge in [0.25, 0.3) is 0 Å². The van der Waals surface area contributed by atoms with Gasteiger partial charge < -0.3 is 10.4 Å². The monoisotopic (exact) mass is 205 g/mol. The molecular weight excluding hydrogens is 190 g/mol. The second-order valence-corrected chi connectivity index (χ2v) is 4.31. The van der Waals surface area contributed by atoms with Gasteiger partial charge in [0.1, 0.15) is 0 Å². The lowest BCUT2D eigenvalue weighted by Crippen LogP contribution is -2.36. The molecule has 0 spiro atoms. The van der Waals surface area contributed by atoms with Gasteiger partial charge in [-0.1, -0.05) is 37.3 Å². The topological polar surface area (TPSA) is 49.3 Å². The van der Waals surface area contributed by atoms with E-state index in [0.29, 0.717) is 6.54 Å². The van der Waals surface area contributed by atoms with E-state index < -0.39 is 5.97 Å². The summed E-state index contributed by atoms with van der Waals surface area (Å²) < 4.78 is 0. The van der Waals surface area contributed by atoms with Crippen LogP contribution < -0.4 is 5.32 Å². The number of rotatable bonds is 2. The van der Waals surface area contributed by atoms with Crippen molar-refractivity contribution in [2.45, 2.75) is 12.3 Å². The predicted molar refractivity (Wildman–Crippen MR) is 57.8 cm³/mol. The van der Waals surface area contributed by atoms with Gasteiger partial charge in [0.15, 0.2) is 0 Å². The van der Waals surface area contributed by atoms with Crippen LogP contribution in [-0.2, 0) is 10.2 Å². The fourth-order valence-electron chi connectivity index (χ4n) is 2.31. The summed E-state index contributed by atoms with van der Waals surface area (Å²) in [6.07, 6.45) is 0. The van der Waals surface area contributed by atoms with Crippen LogP contribution in [0, 0.1) is 5.92 Å². The molecule has 1 heterocycles. The molecular formula is C12H15NO2. The average Bonchev–Trinajstić information content (AvgIpc) is 2.63. The maximum absolute atomic E-state index is 11.2. The lowest BCUT2D eigenvalue weighted by atomic mass is 9.74. The standard InChI is InChI=1S/C12H15NO2/c1-12(9-5-3-2-4-6-9)8-13-7-10(12)11(14)15/h2-6,10,13H,7-8H2,1H3,(H,14,15)/t10-,12+/m0/s1. The van der Waals surface area contributed by atoms with Crippen molar-refractivity contribution < 1.29 is 9.90 Å². The Morgan fingerprint density at radius 2 is 2.13 bits per heavy atom. The number of carboxylic acids is 1. The molecule has 0 aliphatic carbocycles. The third-order valence-electron chi connectivity index (χ3n) is 3.34. The van der Waals surface area contributed by atoms with E-state index in [0.717, 1.165) is 12.1 Å². The molecule has 1 aromatic carbocycles. The Kier molecular flexibility index (Phi) is 2.49. The Bertz CT molecular complexity index is 363. The maximum Gasteiger partial charge on any atom is 0.308 e. The molecule has 15 heavy (non-hydrogen) atoms. The molecule has 1 aliphatic heterocycles. The van der Waals surface area contributed by atoms with Crippen LogP contribution in [0.5, 0.6) is 0 Å². The molecule has 2 atom stereocenters. The summed E-state index contributed by atoms with van der Waals surface area (Å²) in [5.74, 6) is -1.05. The first-order valence-corrected chi connectivity index (χ1v) is 5.13. The summed E-state index contributed by atoms with van der Waals surface area (Å²) in [7, 11) is 0. The zero-order chi connectivity index (χ0) is 10.9. The SMILES string of the molecule is C[C@]1(c2ccccc2)CNC[C@H]1C(=O)O. The average molecular weight is 205 g/mol. The van der Waals surface area contributed by atoms with Crippen LogP contribution in [0.15, 0.2) is 30.3 Å². The number of benzene rings is 1. The first-order chi connectivity index (χ1) is 7.14. The first kappa shape index (κ1) is 10.2. The number of hydrogen-bond acceptors (Lipinski definition) is 2. The van der Waals surface area contributed by atoms with Crippen LogP contribution in [0.4, 0.5) is 0 Å². The number of hydrogen-bond donors (Lipinski definition) is 2. The van der Waals surface area contributed by atoms with Crippen molar-refractivity contribution in [1.29, 1.82) is 0 Å². The van der Waals surface area contributed by atoms with Gasteiger partial charge in [0.05, 0.1) is 5.92 Å². The van der Waals surface area contributed by atoms with Crippen molar-refractivity contribution >= 4 is 5.97 Å². The molecule has 0 saturated carbocycles. The second kappa shape index (κ2) is 3.66. The maximum atomic E-state index is 11.2. The summed E-state index contributed by atoms with van der Waals surface area (Å²) in [6, 6.07) is 9.87. The van der Waals surface area contributed by atoms with Crippen LogP contribution in [-0.4, -0.2) is 24.2 Å². The molecule has 0 radical (unpaired) electrons. The Morgan fingerprint density at radius 3 is 2.73 bits per heavy atom. The van der Waals surface area contributed by atoms with Gasteiger partial charge >= 0.3 is 5.97 Å². The summed E-state index contributed by atoms with van der Waals surface area (Å²) >= 11 is 0. The lowest BCUT2D eigenvalue weighted by Gasteiger charge is -2.28. The van der Waals surface area contributed by atoms with E-state index >= 15 is 0 Å². The fourth-order valence-corrected chi connectivity index (χ4v) is 2.31. The quantitative estimate of drug-likeness (QED) is 0.764. The predicted octanol–water partition coefficient (Wildman–Crippen LogP) is 1.25. The van der Waals surface area contributed by atoms with Crippen molar-refractivity contribution in [2.24, 2.45) is 5.92 Å². The second-order valence-electron chi connectivity index (χ2n) is 4.31. The number of carbonyl (C=O) groups is 1. The van der Waals surface area contributed by atoms with Crippen molar-refractivity contribution in [3.63, 3.8) is 0 Å². The van der Waals surface area contributed by atoms with E-state index in [1.807, 2.05) is 37.3 Å². The van der Waals surface area contributed by atoms with E-state index in [2.05, 4.69) is 5.32 Å². The van der Waals surface area contributed by atoms with Gasteiger partial charge in [0, 0.05) is 18.5 Å². The highest BCUT2D eigenvalue weighted by atomic mass is 16.4. The summed E-state index contributed by atoms with van der Waals surface area (Å²) in [4.78, 5) is 11.2. The Morgan fingerprint density at radius 1 is 1.47 bits per heavy atom. The molecule has 3 nitrogen and oxygen atoms in total. The van der Waals surface area contributed by atoms with Crippen LogP contribution in [0.3, 0.4) is 0 Å². The molecule has 1 aliphatic rings. The molecule has 0 unspecified atom stereocenters. The molecule has 0 aromatic heterocycles. The van der Waals surface area contributed by atoms with E-state index in [-0.39, 0.29) is 11.3 Å². The van der Waals surface area contributed by atoms with Crippen LogP contribution in [0.25, 0.3) is 0 Å². The lowest BCUT2D eigenvalue weighted by molar-refractivity contribution is -0.142. The van der Waals surface area contributed by atoms with Gasteiger partial charge in [-0.05, 0) is 5.56 Å². The minimum Gasteiger partial charge on any atom is -0.481 e. The van der Waals surface area contributed by atoms with Crippen molar-refractivity contribution in [3.8, 4) is 0 Å². The van der Waals surface area contributed by atoms with Gasteiger partial charge in [-0.3, -0.25) is 4.79 Å². The molecule has 3 heteroatoms. The highest BCUT2D eigenvalue weighted by molar-refractivity contribution is 5.73. The van der Waals surface area contributed by atoms with Crippen molar-refractivity contribution in [1.82, 2.24) is 5.32 Å². The highest BCUT2D eigenvalue weighted by Gasteiger charge is 2.44. The van der Waals surface area contributed by atoms with Crippen LogP contribution >= 0.6 is 0 Å². The van der Waals surface area contributed by atoms with E-state index in [9.17, 15) is 9.90 Å². The molecule has 0 bridgehead atoms. The normalized spacial score (nSPS) is 30.3. The molecule has 2 N–H and O–H groups in total. The van der Waals surface area contributed by atoms with Crippen molar-refractivity contribution in [3.05, 3.63) is 35.9 Å². The third-order valence-corrected chi connectivity index (χ3v) is 3.34. The molecule has 1 aromatic rings. The highest BCUT2D eigenvalue weighted by Crippen LogP contribution is 2.35. The number of carboxylic acid groups (broad SMARTS) is 1. The summed E-state index contributed by atoms with van der Waals surface area (Å²) in [5, 5.41) is 12.3. The van der Waals surface area contributed by atoms with E-state index in [1.54, 1.807) is 0 Å². The minimum atomic E-state index is -0.716. The van der Waals surface area contributed by atoms with Gasteiger partial charge in [-0.2, -0.15) is 0 Å². The Balaban J connectivity index is 2.37. The molecule has 1 fully saturated rings. The van der Waals surface area contributed by atoms with Crippen LogP contribution in [0.2, 0.25) is 0 Å². The smallest absolute Gasteiger partial charge is 0.308 e. The summed E-state index contributed by atoms with van der Waals surface area (Å²) in [6.45, 7) is 3.30. The zero-order valence-corrected chi connectivity index (χ0v) is 8.73. The Labute approximate surface area is 89.1 Å². The summed E-state index contributed by atoms with van der Waals surface area (Å²) in [5.41, 5.74) is 0.815. The third kappa shape index (κ3) is 1.63. The first-order valence-electron chi connectivity index (χ1n) is 5.13. The largest absolute Gasteiger partial charge is 0.481 e. The molecule has 0 amide bonds. The van der Waals surface area contributed by atoms with E-state index in [1.165, 1.54) is 0 Å². The fraction of sp³-hybridized carbons (Fsp3) is 0.417. The molecule has 80 valence electrons. The minimum absolute atomic E-state index is 0.285. The Hall–Kier alpha value is -1.35. The molecule has 1 saturated heterocycles. The molecule has 2 rings (SSSR count). The zero-order valence-electron chi connectivity index (χ0n) is 8.73. The van der Waals surface area contributed by atoms with Gasteiger partial charge in [-0.15, -0.1) is 0 Å². The number of aliphatic carboxylic acids is 1. The number of nitrogens with one attached hydrogen (secondary N) is 1. The van der Waals surface area contributed by atoms with Crippen molar-refractivity contribution in [2.75, 3.05) is 13.1 Å². The van der Waals surface area contributed by atoms with Crippen LogP contribution in [0.1, 0.15) is 12.5 Å². The van der Waals surface area contributed by atoms with E-state index in [4.69, 9.17) is 0 Å².